The smallest absolute Gasteiger partial charge is 0.122 e. The molecule has 2 aromatic carbocycles. The summed E-state index contributed by atoms with van der Waals surface area (Å²) in [5.41, 5.74) is 5.24. The molecule has 1 aliphatic heterocycles. The number of rotatable bonds is 4. The van der Waals surface area contributed by atoms with E-state index in [1.807, 2.05) is 12.1 Å². The highest BCUT2D eigenvalue weighted by molar-refractivity contribution is 5.42. The topological polar surface area (TPSA) is 32.7 Å². The fourth-order valence-corrected chi connectivity index (χ4v) is 5.26. The van der Waals surface area contributed by atoms with Gasteiger partial charge in [0.1, 0.15) is 5.75 Å². The molecule has 0 bridgehead atoms. The lowest BCUT2D eigenvalue weighted by molar-refractivity contribution is 0.117. The molecule has 1 fully saturated rings. The van der Waals surface area contributed by atoms with Crippen LogP contribution in [0.2, 0.25) is 0 Å². The molecule has 0 aromatic heterocycles. The summed E-state index contributed by atoms with van der Waals surface area (Å²) in [5.74, 6) is 2.17. The maximum atomic E-state index is 10.8. The highest BCUT2D eigenvalue weighted by Gasteiger charge is 2.28. The van der Waals surface area contributed by atoms with Gasteiger partial charge in [0.25, 0.3) is 0 Å². The Morgan fingerprint density at radius 3 is 2.50 bits per heavy atom. The number of benzene rings is 2. The molecule has 2 aromatic rings. The van der Waals surface area contributed by atoms with Crippen LogP contribution in [-0.2, 0) is 6.42 Å². The third-order valence-corrected chi connectivity index (χ3v) is 6.84. The Bertz CT molecular complexity index is 795. The number of nitrogens with zero attached hydrogens (tertiary/aromatic N) is 1. The van der Waals surface area contributed by atoms with Crippen molar-refractivity contribution in [2.75, 3.05) is 26.7 Å². The number of aliphatic hydroxyl groups excluding tert-OH is 1. The number of fused-ring (bicyclic) bond motifs is 1. The first-order valence-electron chi connectivity index (χ1n) is 10.8. The molecule has 28 heavy (non-hydrogen) atoms. The molecule has 3 heteroatoms. The van der Waals surface area contributed by atoms with Gasteiger partial charge in [-0.15, -0.1) is 0 Å². The van der Waals surface area contributed by atoms with Gasteiger partial charge in [0, 0.05) is 6.54 Å². The van der Waals surface area contributed by atoms with Gasteiger partial charge in [0.15, 0.2) is 0 Å². The van der Waals surface area contributed by atoms with Gasteiger partial charge < -0.3 is 14.7 Å². The van der Waals surface area contributed by atoms with Gasteiger partial charge in [-0.3, -0.25) is 0 Å². The Balaban J connectivity index is 1.36. The summed E-state index contributed by atoms with van der Waals surface area (Å²) < 4.78 is 5.54. The van der Waals surface area contributed by atoms with Crippen LogP contribution in [0.5, 0.6) is 5.75 Å². The number of hydrogen-bond donors (Lipinski definition) is 1. The van der Waals surface area contributed by atoms with E-state index < -0.39 is 0 Å². The van der Waals surface area contributed by atoms with E-state index in [1.54, 1.807) is 7.11 Å². The Morgan fingerprint density at radius 2 is 1.75 bits per heavy atom. The number of aryl methyl sites for hydroxylation is 1. The van der Waals surface area contributed by atoms with Crippen molar-refractivity contribution < 1.29 is 9.84 Å². The zero-order chi connectivity index (χ0) is 19.5. The fourth-order valence-electron chi connectivity index (χ4n) is 5.26. The van der Waals surface area contributed by atoms with Crippen LogP contribution in [0, 0.1) is 12.8 Å². The van der Waals surface area contributed by atoms with E-state index >= 15 is 0 Å². The Morgan fingerprint density at radius 1 is 1.00 bits per heavy atom. The third kappa shape index (κ3) is 4.11. The van der Waals surface area contributed by atoms with E-state index in [0.717, 1.165) is 37.1 Å². The number of likely N-dealkylation sites (tertiary alicyclic amines) is 1. The SMILES string of the molecule is COc1cccc2c1CCC(CN1CCC(c3ccccc3C)CC1)CC2O. The van der Waals surface area contributed by atoms with Gasteiger partial charge >= 0.3 is 0 Å². The van der Waals surface area contributed by atoms with Crippen molar-refractivity contribution in [1.82, 2.24) is 4.90 Å². The van der Waals surface area contributed by atoms with Crippen molar-refractivity contribution in [3.8, 4) is 5.75 Å². The van der Waals surface area contributed by atoms with Crippen LogP contribution in [0.1, 0.15) is 60.0 Å². The van der Waals surface area contributed by atoms with Crippen LogP contribution >= 0.6 is 0 Å². The molecule has 2 unspecified atom stereocenters. The number of piperidine rings is 1. The molecule has 2 aliphatic rings. The minimum absolute atomic E-state index is 0.373. The van der Waals surface area contributed by atoms with Crippen LogP contribution in [0.15, 0.2) is 42.5 Å². The first-order chi connectivity index (χ1) is 13.7. The van der Waals surface area contributed by atoms with Crippen molar-refractivity contribution in [2.45, 2.75) is 51.0 Å². The second kappa shape index (κ2) is 8.67. The molecule has 3 nitrogen and oxygen atoms in total. The molecule has 0 spiro atoms. The lowest BCUT2D eigenvalue weighted by Gasteiger charge is -2.35. The lowest BCUT2D eigenvalue weighted by Crippen LogP contribution is -2.37. The molecule has 1 N–H and O–H groups in total. The first kappa shape index (κ1) is 19.5. The van der Waals surface area contributed by atoms with Crippen molar-refractivity contribution in [3.63, 3.8) is 0 Å². The van der Waals surface area contributed by atoms with Crippen LogP contribution in [0.4, 0.5) is 0 Å². The fraction of sp³-hybridized carbons (Fsp3) is 0.520. The summed E-state index contributed by atoms with van der Waals surface area (Å²) >= 11 is 0. The van der Waals surface area contributed by atoms with Crippen LogP contribution in [0.3, 0.4) is 0 Å². The third-order valence-electron chi connectivity index (χ3n) is 6.84. The maximum Gasteiger partial charge on any atom is 0.122 e. The van der Waals surface area contributed by atoms with Gasteiger partial charge in [-0.05, 0) is 92.3 Å². The van der Waals surface area contributed by atoms with E-state index in [9.17, 15) is 5.11 Å². The Kier molecular flexibility index (Phi) is 6.03. The number of ether oxygens (including phenoxy) is 1. The zero-order valence-electron chi connectivity index (χ0n) is 17.2. The number of hydrogen-bond acceptors (Lipinski definition) is 3. The molecule has 0 amide bonds. The van der Waals surface area contributed by atoms with Gasteiger partial charge in [-0.25, -0.2) is 0 Å². The second-order valence-electron chi connectivity index (χ2n) is 8.62. The molecule has 1 heterocycles. The minimum atomic E-state index is -0.373. The Labute approximate surface area is 169 Å². The van der Waals surface area contributed by atoms with Crippen LogP contribution in [-0.4, -0.2) is 36.8 Å². The molecular weight excluding hydrogens is 346 g/mol. The minimum Gasteiger partial charge on any atom is -0.496 e. The molecular formula is C25H33NO2. The molecule has 0 radical (unpaired) electrons. The average molecular weight is 380 g/mol. The van der Waals surface area contributed by atoms with Crippen LogP contribution in [0.25, 0.3) is 0 Å². The van der Waals surface area contributed by atoms with Gasteiger partial charge in [0.05, 0.1) is 13.2 Å². The van der Waals surface area contributed by atoms with Crippen molar-refractivity contribution >= 4 is 0 Å². The summed E-state index contributed by atoms with van der Waals surface area (Å²) in [6.45, 7) is 5.68. The highest BCUT2D eigenvalue weighted by Crippen LogP contribution is 2.37. The van der Waals surface area contributed by atoms with Gasteiger partial charge in [0.2, 0.25) is 0 Å². The lowest BCUT2D eigenvalue weighted by atomic mass is 9.86. The normalized spacial score (nSPS) is 23.8. The van der Waals surface area contributed by atoms with E-state index in [4.69, 9.17) is 4.74 Å². The molecule has 1 saturated heterocycles. The number of aliphatic hydroxyl groups is 1. The summed E-state index contributed by atoms with van der Waals surface area (Å²) in [5, 5.41) is 10.8. The molecule has 2 atom stereocenters. The maximum absolute atomic E-state index is 10.8. The largest absolute Gasteiger partial charge is 0.496 e. The number of methoxy groups -OCH3 is 1. The van der Waals surface area contributed by atoms with E-state index in [0.29, 0.717) is 11.8 Å². The molecule has 4 rings (SSSR count). The van der Waals surface area contributed by atoms with Crippen molar-refractivity contribution in [3.05, 3.63) is 64.7 Å². The summed E-state index contributed by atoms with van der Waals surface area (Å²) in [7, 11) is 1.73. The average Bonchev–Trinajstić information content (AvgIpc) is 2.88. The van der Waals surface area contributed by atoms with E-state index in [-0.39, 0.29) is 6.10 Å². The Hall–Kier alpha value is -1.84. The first-order valence-corrected chi connectivity index (χ1v) is 10.8. The molecule has 1 aliphatic carbocycles. The van der Waals surface area contributed by atoms with Crippen molar-refractivity contribution in [1.29, 1.82) is 0 Å². The van der Waals surface area contributed by atoms with Crippen molar-refractivity contribution in [2.24, 2.45) is 5.92 Å². The zero-order valence-corrected chi connectivity index (χ0v) is 17.2. The van der Waals surface area contributed by atoms with Gasteiger partial charge in [-0.2, -0.15) is 0 Å². The molecule has 0 saturated carbocycles. The summed E-state index contributed by atoms with van der Waals surface area (Å²) in [4.78, 5) is 2.62. The molecule has 150 valence electrons. The van der Waals surface area contributed by atoms with E-state index in [2.05, 4.69) is 42.2 Å². The van der Waals surface area contributed by atoms with E-state index in [1.165, 1.54) is 42.6 Å². The quantitative estimate of drug-likeness (QED) is 0.770. The summed E-state index contributed by atoms with van der Waals surface area (Å²) in [6.07, 6.45) is 5.10. The predicted octanol–water partition coefficient (Wildman–Crippen LogP) is 4.87. The summed E-state index contributed by atoms with van der Waals surface area (Å²) in [6, 6.07) is 14.9. The van der Waals surface area contributed by atoms with Gasteiger partial charge in [-0.1, -0.05) is 36.4 Å². The van der Waals surface area contributed by atoms with Crippen LogP contribution < -0.4 is 4.74 Å². The highest BCUT2D eigenvalue weighted by atomic mass is 16.5. The second-order valence-corrected chi connectivity index (χ2v) is 8.62. The monoisotopic (exact) mass is 379 g/mol. The predicted molar refractivity (Wildman–Crippen MR) is 114 cm³/mol. The standard InChI is InChI=1S/C25H33NO2/c1-18-6-3-4-7-21(18)20-12-14-26(15-13-20)17-19-10-11-23-22(24(27)16-19)8-5-9-25(23)28-2/h3-9,19-20,24,27H,10-17H2,1-2H3.